The van der Waals surface area contributed by atoms with Crippen molar-refractivity contribution in [3.05, 3.63) is 29.8 Å². The average Bonchev–Trinajstić information content (AvgIpc) is 2.14. The van der Waals surface area contributed by atoms with Crippen LogP contribution in [0.4, 0.5) is 5.69 Å². The Morgan fingerprint density at radius 3 is 2.73 bits per heavy atom. The second-order valence-corrected chi connectivity index (χ2v) is 4.94. The molecule has 0 bridgehead atoms. The van der Waals surface area contributed by atoms with Gasteiger partial charge in [-0.2, -0.15) is 13.1 Å². The number of hydrogen-bond acceptors (Lipinski definition) is 2. The van der Waals surface area contributed by atoms with Crippen LogP contribution in [0.1, 0.15) is 5.56 Å². The Morgan fingerprint density at radius 1 is 1.40 bits per heavy atom. The molecule has 0 atom stereocenters. The molecule has 0 aliphatic heterocycles. The van der Waals surface area contributed by atoms with E-state index in [-0.39, 0.29) is 12.4 Å². The third-order valence-corrected chi connectivity index (χ3v) is 2.93. The molecule has 0 saturated heterocycles. The van der Waals surface area contributed by atoms with Crippen molar-refractivity contribution in [1.29, 1.82) is 0 Å². The predicted molar refractivity (Wildman–Crippen MR) is 62.4 cm³/mol. The maximum atomic E-state index is 11.4. The highest BCUT2D eigenvalue weighted by Crippen LogP contribution is 2.10. The zero-order chi connectivity index (χ0) is 11.3. The Bertz CT molecular complexity index is 420. The van der Waals surface area contributed by atoms with Crippen molar-refractivity contribution in [3.8, 4) is 0 Å². The molecule has 84 valence electrons. The van der Waals surface area contributed by atoms with Gasteiger partial charge in [0.15, 0.2) is 0 Å². The van der Waals surface area contributed by atoms with Gasteiger partial charge >= 0.3 is 0 Å². The van der Waals surface area contributed by atoms with Gasteiger partial charge in [0.1, 0.15) is 0 Å². The lowest BCUT2D eigenvalue weighted by atomic mass is 10.2. The summed E-state index contributed by atoms with van der Waals surface area (Å²) >= 11 is 5.38. The van der Waals surface area contributed by atoms with E-state index >= 15 is 0 Å². The Kier molecular flexibility index (Phi) is 4.38. The Hall–Kier alpha value is -0.780. The number of alkyl halides is 1. The molecule has 1 aromatic carbocycles. The molecule has 15 heavy (non-hydrogen) atoms. The largest absolute Gasteiger partial charge is 0.299 e. The summed E-state index contributed by atoms with van der Waals surface area (Å²) in [5.41, 5.74) is 1.53. The van der Waals surface area contributed by atoms with Crippen molar-refractivity contribution in [2.45, 2.75) is 6.92 Å². The van der Waals surface area contributed by atoms with Gasteiger partial charge in [0.2, 0.25) is 0 Å². The summed E-state index contributed by atoms with van der Waals surface area (Å²) in [5, 5.41) is 0. The number of nitrogens with one attached hydrogen (secondary N) is 2. The van der Waals surface area contributed by atoms with Gasteiger partial charge < -0.3 is 0 Å². The molecule has 0 unspecified atom stereocenters. The molecule has 0 spiro atoms. The van der Waals surface area contributed by atoms with Crippen LogP contribution in [0.2, 0.25) is 0 Å². The maximum absolute atomic E-state index is 11.4. The second-order valence-electron chi connectivity index (χ2n) is 3.06. The van der Waals surface area contributed by atoms with Crippen molar-refractivity contribution in [2.24, 2.45) is 0 Å². The van der Waals surface area contributed by atoms with E-state index in [0.717, 1.165) is 5.56 Å². The van der Waals surface area contributed by atoms with E-state index in [1.165, 1.54) is 0 Å². The number of aryl methyl sites for hydroxylation is 1. The number of anilines is 1. The zero-order valence-electron chi connectivity index (χ0n) is 8.33. The van der Waals surface area contributed by atoms with Crippen molar-refractivity contribution < 1.29 is 8.42 Å². The second kappa shape index (κ2) is 5.34. The summed E-state index contributed by atoms with van der Waals surface area (Å²) in [7, 11) is -3.50. The van der Waals surface area contributed by atoms with Gasteiger partial charge in [0, 0.05) is 18.1 Å². The van der Waals surface area contributed by atoms with Gasteiger partial charge in [0.25, 0.3) is 10.2 Å². The highest BCUT2D eigenvalue weighted by atomic mass is 35.5. The van der Waals surface area contributed by atoms with Crippen LogP contribution in [0.25, 0.3) is 0 Å². The van der Waals surface area contributed by atoms with Crippen LogP contribution < -0.4 is 9.44 Å². The number of benzene rings is 1. The van der Waals surface area contributed by atoms with E-state index in [9.17, 15) is 8.42 Å². The summed E-state index contributed by atoms with van der Waals surface area (Å²) in [6, 6.07) is 7.12. The van der Waals surface area contributed by atoms with Crippen molar-refractivity contribution in [3.63, 3.8) is 0 Å². The zero-order valence-corrected chi connectivity index (χ0v) is 9.90. The SMILES string of the molecule is Cc1cccc(NS(=O)(=O)NCCCl)c1. The number of halogens is 1. The minimum atomic E-state index is -3.50. The van der Waals surface area contributed by atoms with E-state index in [0.29, 0.717) is 5.69 Å². The molecule has 4 nitrogen and oxygen atoms in total. The normalized spacial score (nSPS) is 11.3. The summed E-state index contributed by atoms with van der Waals surface area (Å²) in [6.07, 6.45) is 0. The first-order valence-corrected chi connectivity index (χ1v) is 6.45. The van der Waals surface area contributed by atoms with E-state index in [4.69, 9.17) is 11.6 Å². The molecule has 0 aliphatic rings. The molecule has 0 saturated carbocycles. The highest BCUT2D eigenvalue weighted by Gasteiger charge is 2.07. The molecule has 0 fully saturated rings. The Morgan fingerprint density at radius 2 is 2.13 bits per heavy atom. The number of rotatable bonds is 5. The lowest BCUT2D eigenvalue weighted by Gasteiger charge is -2.08. The first kappa shape index (κ1) is 12.3. The van der Waals surface area contributed by atoms with E-state index in [2.05, 4.69) is 9.44 Å². The van der Waals surface area contributed by atoms with E-state index in [1.54, 1.807) is 18.2 Å². The van der Waals surface area contributed by atoms with Crippen LogP contribution in [0.15, 0.2) is 24.3 Å². The molecular weight excluding hydrogens is 236 g/mol. The molecule has 0 amide bonds. The quantitative estimate of drug-likeness (QED) is 0.776. The third kappa shape index (κ3) is 4.51. The minimum Gasteiger partial charge on any atom is -0.271 e. The molecule has 1 rings (SSSR count). The molecular formula is C9H13ClN2O2S. The van der Waals surface area contributed by atoms with Crippen molar-refractivity contribution in [1.82, 2.24) is 4.72 Å². The number of hydrogen-bond donors (Lipinski definition) is 2. The van der Waals surface area contributed by atoms with Crippen molar-refractivity contribution >= 4 is 27.5 Å². The maximum Gasteiger partial charge on any atom is 0.299 e. The lowest BCUT2D eigenvalue weighted by molar-refractivity contribution is 0.589. The molecule has 6 heteroatoms. The summed E-state index contributed by atoms with van der Waals surface area (Å²) in [6.45, 7) is 2.10. The lowest BCUT2D eigenvalue weighted by Crippen LogP contribution is -2.31. The van der Waals surface area contributed by atoms with Gasteiger partial charge in [-0.05, 0) is 24.6 Å². The van der Waals surface area contributed by atoms with Crippen LogP contribution in [-0.4, -0.2) is 20.8 Å². The topological polar surface area (TPSA) is 58.2 Å². The fourth-order valence-corrected chi connectivity index (χ4v) is 2.16. The molecule has 0 heterocycles. The smallest absolute Gasteiger partial charge is 0.271 e. The van der Waals surface area contributed by atoms with Gasteiger partial charge in [-0.3, -0.25) is 4.72 Å². The van der Waals surface area contributed by atoms with Crippen LogP contribution >= 0.6 is 11.6 Å². The van der Waals surface area contributed by atoms with Crippen LogP contribution in [0.3, 0.4) is 0 Å². The van der Waals surface area contributed by atoms with E-state index < -0.39 is 10.2 Å². The first-order chi connectivity index (χ1) is 7.03. The third-order valence-electron chi connectivity index (χ3n) is 1.66. The van der Waals surface area contributed by atoms with E-state index in [1.807, 2.05) is 13.0 Å². The standard InChI is InChI=1S/C9H13ClN2O2S/c1-8-3-2-4-9(7-8)12-15(13,14)11-6-5-10/h2-4,7,11-12H,5-6H2,1H3. The fourth-order valence-electron chi connectivity index (χ4n) is 1.07. The van der Waals surface area contributed by atoms with Gasteiger partial charge in [-0.15, -0.1) is 11.6 Å². The van der Waals surface area contributed by atoms with Crippen molar-refractivity contribution in [2.75, 3.05) is 17.1 Å². The van der Waals surface area contributed by atoms with Crippen LogP contribution in [-0.2, 0) is 10.2 Å². The average molecular weight is 249 g/mol. The fraction of sp³-hybridized carbons (Fsp3) is 0.333. The molecule has 0 aromatic heterocycles. The molecule has 0 radical (unpaired) electrons. The van der Waals surface area contributed by atoms with Gasteiger partial charge in [-0.25, -0.2) is 0 Å². The summed E-state index contributed by atoms with van der Waals surface area (Å²) in [4.78, 5) is 0. The predicted octanol–water partition coefficient (Wildman–Crippen LogP) is 1.48. The monoisotopic (exact) mass is 248 g/mol. The highest BCUT2D eigenvalue weighted by molar-refractivity contribution is 7.90. The van der Waals surface area contributed by atoms with Crippen LogP contribution in [0, 0.1) is 6.92 Å². The summed E-state index contributed by atoms with van der Waals surface area (Å²) in [5.74, 6) is 0.245. The Labute approximate surface area is 94.8 Å². The first-order valence-electron chi connectivity index (χ1n) is 4.43. The molecule has 0 aliphatic carbocycles. The molecule has 1 aromatic rings. The summed E-state index contributed by atoms with van der Waals surface area (Å²) < 4.78 is 27.5. The molecule has 2 N–H and O–H groups in total. The minimum absolute atomic E-state index is 0.211. The van der Waals surface area contributed by atoms with Gasteiger partial charge in [-0.1, -0.05) is 12.1 Å². The van der Waals surface area contributed by atoms with Gasteiger partial charge in [0.05, 0.1) is 0 Å². The Balaban J connectivity index is 2.69. The van der Waals surface area contributed by atoms with Crippen LogP contribution in [0.5, 0.6) is 0 Å².